The Bertz CT molecular complexity index is 1020. The first-order chi connectivity index (χ1) is 15.0. The molecule has 7 nitrogen and oxygen atoms in total. The molecule has 1 aromatic heterocycles. The van der Waals surface area contributed by atoms with Gasteiger partial charge in [0.05, 0.1) is 6.54 Å². The predicted molar refractivity (Wildman–Crippen MR) is 97.3 cm³/mol. The minimum Gasteiger partial charge on any atom is -0.353 e. The van der Waals surface area contributed by atoms with E-state index in [1.54, 1.807) is 6.92 Å². The number of halogens is 6. The summed E-state index contributed by atoms with van der Waals surface area (Å²) < 4.78 is 80.5. The summed E-state index contributed by atoms with van der Waals surface area (Å²) in [5, 5.41) is 9.18. The predicted octanol–water partition coefficient (Wildman–Crippen LogP) is 2.58. The van der Waals surface area contributed by atoms with Crippen LogP contribution in [0.25, 0.3) is 0 Å². The highest BCUT2D eigenvalue weighted by molar-refractivity contribution is 5.79. The lowest BCUT2D eigenvalue weighted by Crippen LogP contribution is -2.44. The van der Waals surface area contributed by atoms with Gasteiger partial charge in [0.25, 0.3) is 0 Å². The average molecular weight is 463 g/mol. The molecule has 0 radical (unpaired) electrons. The van der Waals surface area contributed by atoms with E-state index in [-0.39, 0.29) is 50.3 Å². The van der Waals surface area contributed by atoms with Crippen LogP contribution in [0.15, 0.2) is 12.1 Å². The second-order valence-electron chi connectivity index (χ2n) is 7.29. The van der Waals surface area contributed by atoms with Gasteiger partial charge in [-0.3, -0.25) is 9.59 Å². The molecule has 0 fully saturated rings. The SMILES string of the molecule is CCC(=O)NC(CC(=O)N1CCn2c(nnc2C(F)(F)F)C1)Cc1cc(F)c(F)cc1F. The Morgan fingerprint density at radius 3 is 2.44 bits per heavy atom. The van der Waals surface area contributed by atoms with Crippen LogP contribution in [0, 0.1) is 17.5 Å². The number of carbonyl (C=O) groups is 2. The third-order valence-electron chi connectivity index (χ3n) is 5.02. The van der Waals surface area contributed by atoms with Gasteiger partial charge in [-0.2, -0.15) is 13.2 Å². The standard InChI is InChI=1S/C19H19F6N5O2/c1-2-16(31)26-11(5-10-6-13(21)14(22)8-12(10)20)7-17(32)29-3-4-30-15(9-29)27-28-18(30)19(23,24)25/h6,8,11H,2-5,7,9H2,1H3,(H,26,31). The molecule has 2 amide bonds. The number of alkyl halides is 3. The van der Waals surface area contributed by atoms with Crippen molar-refractivity contribution in [2.24, 2.45) is 0 Å². The topological polar surface area (TPSA) is 80.1 Å². The van der Waals surface area contributed by atoms with Crippen LogP contribution in [-0.2, 0) is 35.3 Å². The fourth-order valence-corrected chi connectivity index (χ4v) is 3.41. The van der Waals surface area contributed by atoms with Gasteiger partial charge < -0.3 is 14.8 Å². The van der Waals surface area contributed by atoms with E-state index in [0.29, 0.717) is 12.1 Å². The number of nitrogens with zero attached hydrogens (tertiary/aromatic N) is 4. The molecular formula is C19H19F6N5O2. The van der Waals surface area contributed by atoms with Crippen LogP contribution in [-0.4, -0.2) is 44.1 Å². The van der Waals surface area contributed by atoms with E-state index in [2.05, 4.69) is 15.5 Å². The van der Waals surface area contributed by atoms with E-state index in [1.807, 2.05) is 0 Å². The summed E-state index contributed by atoms with van der Waals surface area (Å²) in [4.78, 5) is 25.8. The van der Waals surface area contributed by atoms with Gasteiger partial charge in [-0.05, 0) is 18.1 Å². The molecule has 174 valence electrons. The van der Waals surface area contributed by atoms with Crippen LogP contribution in [0.3, 0.4) is 0 Å². The zero-order chi connectivity index (χ0) is 23.6. The molecule has 1 aliphatic rings. The third-order valence-corrected chi connectivity index (χ3v) is 5.02. The Balaban J connectivity index is 1.74. The summed E-state index contributed by atoms with van der Waals surface area (Å²) in [7, 11) is 0. The zero-order valence-electron chi connectivity index (χ0n) is 16.8. The number of nitrogens with one attached hydrogen (secondary N) is 1. The van der Waals surface area contributed by atoms with Crippen molar-refractivity contribution in [2.75, 3.05) is 6.54 Å². The number of hydrogen-bond donors (Lipinski definition) is 1. The second kappa shape index (κ2) is 9.17. The van der Waals surface area contributed by atoms with E-state index >= 15 is 0 Å². The maximum absolute atomic E-state index is 14.0. The van der Waals surface area contributed by atoms with E-state index in [9.17, 15) is 35.9 Å². The lowest BCUT2D eigenvalue weighted by Gasteiger charge is -2.29. The van der Waals surface area contributed by atoms with Crippen LogP contribution in [0.4, 0.5) is 26.3 Å². The maximum Gasteiger partial charge on any atom is 0.451 e. The number of hydrogen-bond acceptors (Lipinski definition) is 4. The zero-order valence-corrected chi connectivity index (χ0v) is 16.8. The summed E-state index contributed by atoms with van der Waals surface area (Å²) in [5.41, 5.74) is -0.230. The number of aromatic nitrogens is 3. The molecule has 0 spiro atoms. The quantitative estimate of drug-likeness (QED) is 0.528. The van der Waals surface area contributed by atoms with Crippen molar-refractivity contribution >= 4 is 11.8 Å². The van der Waals surface area contributed by atoms with Crippen LogP contribution in [0.1, 0.15) is 37.0 Å². The Morgan fingerprint density at radius 2 is 1.78 bits per heavy atom. The molecular weight excluding hydrogens is 444 g/mol. The van der Waals surface area contributed by atoms with E-state index in [0.717, 1.165) is 4.57 Å². The van der Waals surface area contributed by atoms with Crippen molar-refractivity contribution < 1.29 is 35.9 Å². The van der Waals surface area contributed by atoms with Crippen molar-refractivity contribution in [1.29, 1.82) is 0 Å². The molecule has 0 saturated heterocycles. The van der Waals surface area contributed by atoms with E-state index in [1.165, 1.54) is 4.90 Å². The smallest absolute Gasteiger partial charge is 0.353 e. The molecule has 1 N–H and O–H groups in total. The number of fused-ring (bicyclic) bond motifs is 1. The number of rotatable bonds is 6. The molecule has 0 aliphatic carbocycles. The summed E-state index contributed by atoms with van der Waals surface area (Å²) in [5.74, 6) is -5.84. The molecule has 3 rings (SSSR count). The Morgan fingerprint density at radius 1 is 1.09 bits per heavy atom. The Hall–Kier alpha value is -3.12. The van der Waals surface area contributed by atoms with Crippen LogP contribution >= 0.6 is 0 Å². The first-order valence-electron chi connectivity index (χ1n) is 9.69. The highest BCUT2D eigenvalue weighted by atomic mass is 19.4. The minimum atomic E-state index is -4.68. The van der Waals surface area contributed by atoms with E-state index in [4.69, 9.17) is 0 Å². The molecule has 1 atom stereocenters. The highest BCUT2D eigenvalue weighted by Gasteiger charge is 2.40. The van der Waals surface area contributed by atoms with Gasteiger partial charge in [0.1, 0.15) is 5.82 Å². The molecule has 0 bridgehead atoms. The summed E-state index contributed by atoms with van der Waals surface area (Å²) in [6.07, 6.45) is -5.23. The molecule has 2 aromatic rings. The largest absolute Gasteiger partial charge is 0.451 e. The van der Waals surface area contributed by atoms with Gasteiger partial charge >= 0.3 is 6.18 Å². The van der Waals surface area contributed by atoms with Crippen LogP contribution in [0.5, 0.6) is 0 Å². The van der Waals surface area contributed by atoms with Crippen molar-refractivity contribution in [3.8, 4) is 0 Å². The van der Waals surface area contributed by atoms with Crippen molar-refractivity contribution in [3.05, 3.63) is 46.8 Å². The van der Waals surface area contributed by atoms with E-state index < -0.39 is 47.3 Å². The van der Waals surface area contributed by atoms with Gasteiger partial charge in [0, 0.05) is 38.0 Å². The lowest BCUT2D eigenvalue weighted by atomic mass is 10.0. The fourth-order valence-electron chi connectivity index (χ4n) is 3.41. The normalized spacial score (nSPS) is 14.8. The fraction of sp³-hybridized carbons (Fsp3) is 0.474. The van der Waals surface area contributed by atoms with Crippen molar-refractivity contribution in [3.63, 3.8) is 0 Å². The van der Waals surface area contributed by atoms with Gasteiger partial charge in [-0.25, -0.2) is 13.2 Å². The maximum atomic E-state index is 14.0. The monoisotopic (exact) mass is 463 g/mol. The highest BCUT2D eigenvalue weighted by Crippen LogP contribution is 2.29. The van der Waals surface area contributed by atoms with Crippen LogP contribution < -0.4 is 5.32 Å². The molecule has 2 heterocycles. The van der Waals surface area contributed by atoms with Crippen molar-refractivity contribution in [2.45, 2.75) is 51.5 Å². The first kappa shape index (κ1) is 23.5. The summed E-state index contributed by atoms with van der Waals surface area (Å²) in [6.45, 7) is 1.10. The lowest BCUT2D eigenvalue weighted by molar-refractivity contribution is -0.148. The summed E-state index contributed by atoms with van der Waals surface area (Å²) in [6, 6.07) is 0.0863. The molecule has 1 unspecified atom stereocenters. The first-order valence-corrected chi connectivity index (χ1v) is 9.69. The number of carbonyl (C=O) groups excluding carboxylic acids is 2. The molecule has 13 heteroatoms. The Kier molecular flexibility index (Phi) is 6.74. The number of benzene rings is 1. The Labute approximate surface area is 178 Å². The molecule has 32 heavy (non-hydrogen) atoms. The minimum absolute atomic E-state index is 0.0438. The molecule has 1 aliphatic heterocycles. The van der Waals surface area contributed by atoms with Gasteiger partial charge in [-0.15, -0.1) is 10.2 Å². The average Bonchev–Trinajstić information content (AvgIpc) is 3.15. The third kappa shape index (κ3) is 5.19. The summed E-state index contributed by atoms with van der Waals surface area (Å²) >= 11 is 0. The molecule has 1 aromatic carbocycles. The van der Waals surface area contributed by atoms with Gasteiger partial charge in [0.2, 0.25) is 17.6 Å². The van der Waals surface area contributed by atoms with Crippen molar-refractivity contribution in [1.82, 2.24) is 25.0 Å². The molecule has 0 saturated carbocycles. The number of amides is 2. The van der Waals surface area contributed by atoms with Crippen LogP contribution in [0.2, 0.25) is 0 Å². The van der Waals surface area contributed by atoms with Gasteiger partial charge in [0.15, 0.2) is 17.5 Å². The second-order valence-corrected chi connectivity index (χ2v) is 7.29. The van der Waals surface area contributed by atoms with Gasteiger partial charge in [-0.1, -0.05) is 6.92 Å².